The van der Waals surface area contributed by atoms with Gasteiger partial charge in [-0.05, 0) is 19.1 Å². The topological polar surface area (TPSA) is 29.1 Å². The van der Waals surface area contributed by atoms with Gasteiger partial charge < -0.3 is 5.32 Å². The van der Waals surface area contributed by atoms with E-state index in [-0.39, 0.29) is 5.78 Å². The van der Waals surface area contributed by atoms with Crippen LogP contribution >= 0.6 is 11.3 Å². The van der Waals surface area contributed by atoms with Gasteiger partial charge in [-0.2, -0.15) is 0 Å². The maximum atomic E-state index is 11.4. The molecule has 0 aliphatic carbocycles. The van der Waals surface area contributed by atoms with Gasteiger partial charge in [-0.25, -0.2) is 0 Å². The highest BCUT2D eigenvalue weighted by Crippen LogP contribution is 2.43. The van der Waals surface area contributed by atoms with Crippen molar-refractivity contribution in [2.75, 3.05) is 5.32 Å². The first kappa shape index (κ1) is 18.5. The molecule has 1 aliphatic rings. The highest BCUT2D eigenvalue weighted by Gasteiger charge is 2.22. The lowest BCUT2D eigenvalue weighted by molar-refractivity contribution is 0.102. The first-order valence-electron chi connectivity index (χ1n) is 8.78. The number of para-hydroxylation sites is 1. The molecule has 0 fully saturated rings. The third kappa shape index (κ3) is 4.35. The molecule has 0 unspecified atom stereocenters. The van der Waals surface area contributed by atoms with Crippen LogP contribution in [0.25, 0.3) is 16.8 Å². The molecule has 2 aromatic rings. The molecule has 3 rings (SSSR count). The van der Waals surface area contributed by atoms with Crippen molar-refractivity contribution in [2.24, 2.45) is 0 Å². The fraction of sp³-hybridized carbons (Fsp3) is 0.381. The molecule has 0 saturated carbocycles. The molecule has 0 bridgehead atoms. The first-order chi connectivity index (χ1) is 11.6. The van der Waals surface area contributed by atoms with Gasteiger partial charge >= 0.3 is 0 Å². The van der Waals surface area contributed by atoms with Crippen LogP contribution in [0, 0.1) is 0 Å². The molecule has 1 aromatic carbocycles. The van der Waals surface area contributed by atoms with Gasteiger partial charge in [-0.1, -0.05) is 70.7 Å². The van der Waals surface area contributed by atoms with Crippen LogP contribution in [-0.2, 0) is 0 Å². The summed E-state index contributed by atoms with van der Waals surface area (Å²) in [5.41, 5.74) is 4.17. The van der Waals surface area contributed by atoms with Crippen LogP contribution in [0.2, 0.25) is 0 Å². The van der Waals surface area contributed by atoms with Crippen LogP contribution < -0.4 is 5.32 Å². The summed E-state index contributed by atoms with van der Waals surface area (Å²) in [7, 11) is 0. The monoisotopic (exact) mass is 341 g/mol. The van der Waals surface area contributed by atoms with Crippen LogP contribution in [0.3, 0.4) is 0 Å². The Morgan fingerprint density at radius 1 is 1.08 bits per heavy atom. The summed E-state index contributed by atoms with van der Waals surface area (Å²) in [6.45, 7) is 10.1. The molecule has 0 amide bonds. The zero-order valence-electron chi connectivity index (χ0n) is 14.9. The molecule has 0 saturated heterocycles. The number of hydrogen-bond acceptors (Lipinski definition) is 3. The molecule has 24 heavy (non-hydrogen) atoms. The Morgan fingerprint density at radius 3 is 2.38 bits per heavy atom. The minimum Gasteiger partial charge on any atom is -0.354 e. The molecule has 0 atom stereocenters. The van der Waals surface area contributed by atoms with Gasteiger partial charge in [0.15, 0.2) is 5.78 Å². The number of unbranched alkanes of at least 4 members (excludes halogenated alkanes) is 4. The number of ketones is 1. The molecule has 0 radical (unpaired) electrons. The summed E-state index contributed by atoms with van der Waals surface area (Å²) in [5, 5.41) is 3.27. The molecular formula is C21H27NOS. The van der Waals surface area contributed by atoms with Crippen molar-refractivity contribution in [1.82, 2.24) is 0 Å². The predicted octanol–water partition coefficient (Wildman–Crippen LogP) is 6.99. The van der Waals surface area contributed by atoms with Crippen molar-refractivity contribution in [3.05, 3.63) is 46.7 Å². The van der Waals surface area contributed by atoms with Gasteiger partial charge in [0.2, 0.25) is 0 Å². The maximum absolute atomic E-state index is 11.4. The van der Waals surface area contributed by atoms with E-state index in [4.69, 9.17) is 0 Å². The summed E-state index contributed by atoms with van der Waals surface area (Å²) in [4.78, 5) is 13.3. The molecule has 1 aliphatic heterocycles. The average Bonchev–Trinajstić information content (AvgIpc) is 3.03. The number of Topliss-reactive ketones (excluding diaryl/α,β-unsaturated/α-hetero) is 1. The summed E-state index contributed by atoms with van der Waals surface area (Å²) in [6.07, 6.45) is 7.01. The Morgan fingerprint density at radius 2 is 1.75 bits per heavy atom. The van der Waals surface area contributed by atoms with E-state index < -0.39 is 0 Å². The molecule has 128 valence electrons. The Bertz CT molecular complexity index is 710. The molecule has 2 nitrogen and oxygen atoms in total. The molecule has 3 heteroatoms. The van der Waals surface area contributed by atoms with E-state index in [1.165, 1.54) is 43.4 Å². The van der Waals surface area contributed by atoms with E-state index in [2.05, 4.69) is 31.8 Å². The number of carbonyl (C=O) groups excluding carboxylic acids is 1. The van der Waals surface area contributed by atoms with Crippen LogP contribution in [-0.4, -0.2) is 5.78 Å². The Labute approximate surface area is 149 Å². The number of rotatable bonds is 5. The Kier molecular flexibility index (Phi) is 6.80. The van der Waals surface area contributed by atoms with E-state index in [1.807, 2.05) is 24.3 Å². The summed E-state index contributed by atoms with van der Waals surface area (Å²) >= 11 is 1.50. The average molecular weight is 342 g/mol. The molecule has 0 spiro atoms. The number of benzene rings is 1. The predicted molar refractivity (Wildman–Crippen MR) is 107 cm³/mol. The fourth-order valence-electron chi connectivity index (χ4n) is 2.71. The van der Waals surface area contributed by atoms with Crippen molar-refractivity contribution in [1.29, 1.82) is 0 Å². The molecule has 2 heterocycles. The summed E-state index contributed by atoms with van der Waals surface area (Å²) in [5.74, 6) is 0.106. The third-order valence-corrected chi connectivity index (χ3v) is 5.36. The van der Waals surface area contributed by atoms with Crippen LogP contribution in [0.1, 0.15) is 67.4 Å². The van der Waals surface area contributed by atoms with E-state index in [1.54, 1.807) is 6.92 Å². The second-order valence-electron chi connectivity index (χ2n) is 6.12. The van der Waals surface area contributed by atoms with E-state index in [0.29, 0.717) is 0 Å². The quantitative estimate of drug-likeness (QED) is 0.469. The standard InChI is InChI=1S/C14H11NOS.C7H16/c1-8-14-11(7-13(17-14)9(2)16)10-5-3-4-6-12(10)15-8;1-3-5-7-6-4-2/h3-7,15H,1H2,2H3;3-7H2,1-2H3. The van der Waals surface area contributed by atoms with Crippen molar-refractivity contribution < 1.29 is 4.79 Å². The normalized spacial score (nSPS) is 11.7. The Balaban J connectivity index is 0.000000256. The van der Waals surface area contributed by atoms with Gasteiger partial charge in [0.1, 0.15) is 0 Å². The zero-order chi connectivity index (χ0) is 17.5. The largest absolute Gasteiger partial charge is 0.354 e. The zero-order valence-corrected chi connectivity index (χ0v) is 15.8. The second-order valence-corrected chi connectivity index (χ2v) is 7.17. The molecular weight excluding hydrogens is 314 g/mol. The smallest absolute Gasteiger partial charge is 0.169 e. The van der Waals surface area contributed by atoms with Crippen molar-refractivity contribution in [3.63, 3.8) is 0 Å². The number of hydrogen-bond donors (Lipinski definition) is 1. The minimum atomic E-state index is 0.106. The number of anilines is 1. The third-order valence-electron chi connectivity index (χ3n) is 4.06. The van der Waals surface area contributed by atoms with Crippen LogP contribution in [0.15, 0.2) is 36.9 Å². The van der Waals surface area contributed by atoms with Crippen molar-refractivity contribution in [2.45, 2.75) is 52.9 Å². The van der Waals surface area contributed by atoms with E-state index in [9.17, 15) is 4.79 Å². The van der Waals surface area contributed by atoms with Crippen molar-refractivity contribution >= 4 is 28.5 Å². The SMILES string of the molecule is C=C1Nc2ccccc2-c2cc(C(C)=O)sc21.CCCCCCC. The minimum absolute atomic E-state index is 0.106. The lowest BCUT2D eigenvalue weighted by Gasteiger charge is -2.19. The lowest BCUT2D eigenvalue weighted by atomic mass is 9.99. The van der Waals surface area contributed by atoms with E-state index in [0.717, 1.165) is 32.3 Å². The number of carbonyl (C=O) groups is 1. The highest BCUT2D eigenvalue weighted by molar-refractivity contribution is 7.15. The second kappa shape index (κ2) is 8.84. The first-order valence-corrected chi connectivity index (χ1v) is 9.60. The Hall–Kier alpha value is -1.87. The number of nitrogens with one attached hydrogen (secondary N) is 1. The van der Waals surface area contributed by atoms with E-state index >= 15 is 0 Å². The van der Waals surface area contributed by atoms with Crippen LogP contribution in [0.4, 0.5) is 5.69 Å². The number of fused-ring (bicyclic) bond motifs is 3. The van der Waals surface area contributed by atoms with Gasteiger partial charge in [-0.15, -0.1) is 11.3 Å². The summed E-state index contributed by atoms with van der Waals surface area (Å²) in [6, 6.07) is 10.0. The summed E-state index contributed by atoms with van der Waals surface area (Å²) < 4.78 is 0. The van der Waals surface area contributed by atoms with Gasteiger partial charge in [0.05, 0.1) is 9.75 Å². The molecule has 1 N–H and O–H groups in total. The van der Waals surface area contributed by atoms with Crippen molar-refractivity contribution in [3.8, 4) is 11.1 Å². The fourth-order valence-corrected chi connectivity index (χ4v) is 3.71. The van der Waals surface area contributed by atoms with Gasteiger partial charge in [-0.3, -0.25) is 4.79 Å². The lowest BCUT2D eigenvalue weighted by Crippen LogP contribution is -2.03. The highest BCUT2D eigenvalue weighted by atomic mass is 32.1. The van der Waals surface area contributed by atoms with Crippen LogP contribution in [0.5, 0.6) is 0 Å². The number of thiophene rings is 1. The molecule has 1 aromatic heterocycles. The van der Waals surface area contributed by atoms with Gasteiger partial charge in [0, 0.05) is 22.5 Å². The maximum Gasteiger partial charge on any atom is 0.169 e. The van der Waals surface area contributed by atoms with Gasteiger partial charge in [0.25, 0.3) is 0 Å².